The van der Waals surface area contributed by atoms with Gasteiger partial charge in [0.1, 0.15) is 11.5 Å². The molecule has 0 radical (unpaired) electrons. The summed E-state index contributed by atoms with van der Waals surface area (Å²) in [4.78, 5) is 6.61. The summed E-state index contributed by atoms with van der Waals surface area (Å²) >= 11 is 0. The summed E-state index contributed by atoms with van der Waals surface area (Å²) in [5, 5.41) is 4.05. The van der Waals surface area contributed by atoms with E-state index < -0.39 is 0 Å². The van der Waals surface area contributed by atoms with Crippen LogP contribution < -0.4 is 0 Å². The number of hydrogen-bond donors (Lipinski definition) is 0. The Morgan fingerprint density at radius 3 is 2.81 bits per heavy atom. The summed E-state index contributed by atoms with van der Waals surface area (Å²) in [5.41, 5.74) is 0. The summed E-state index contributed by atoms with van der Waals surface area (Å²) in [6, 6.07) is 4.21. The molecule has 4 rings (SSSR count). The zero-order chi connectivity index (χ0) is 14.4. The highest BCUT2D eigenvalue weighted by molar-refractivity contribution is 5.17. The maximum Gasteiger partial charge on any atom is 0.229 e. The van der Waals surface area contributed by atoms with Crippen LogP contribution in [0.3, 0.4) is 0 Å². The Kier molecular flexibility index (Phi) is 3.10. The molecular weight excluding hydrogens is 266 g/mol. The molecule has 0 bridgehead atoms. The third kappa shape index (κ3) is 2.88. The molecule has 2 saturated carbocycles. The first-order chi connectivity index (χ1) is 10.2. The number of rotatable bonds is 6. The van der Waals surface area contributed by atoms with E-state index in [0.29, 0.717) is 18.4 Å². The number of hydrogen-bond acceptors (Lipinski definition) is 5. The highest BCUT2D eigenvalue weighted by Gasteiger charge is 2.36. The Morgan fingerprint density at radius 1 is 1.29 bits per heavy atom. The van der Waals surface area contributed by atoms with Crippen molar-refractivity contribution in [3.8, 4) is 0 Å². The molecule has 0 unspecified atom stereocenters. The highest BCUT2D eigenvalue weighted by atomic mass is 16.5. The summed E-state index contributed by atoms with van der Waals surface area (Å²) < 4.78 is 11.2. The molecule has 0 aliphatic heterocycles. The molecule has 2 aliphatic rings. The quantitative estimate of drug-likeness (QED) is 0.816. The monoisotopic (exact) mass is 287 g/mol. The smallest absolute Gasteiger partial charge is 0.229 e. The van der Waals surface area contributed by atoms with Gasteiger partial charge in [-0.05, 0) is 44.4 Å². The first-order valence-electron chi connectivity index (χ1n) is 7.78. The minimum atomic E-state index is 0.518. The van der Waals surface area contributed by atoms with Gasteiger partial charge in [0.05, 0.1) is 13.1 Å². The molecule has 0 N–H and O–H groups in total. The number of aromatic nitrogens is 2. The SMILES string of the molecule is C[C@@H]1C[C@H]1c1ccc(CN(C)Cc2noc(C3CC3)n2)o1. The van der Waals surface area contributed by atoms with Gasteiger partial charge in [-0.2, -0.15) is 4.98 Å². The zero-order valence-corrected chi connectivity index (χ0v) is 12.6. The van der Waals surface area contributed by atoms with Gasteiger partial charge in [-0.3, -0.25) is 4.90 Å². The van der Waals surface area contributed by atoms with Crippen molar-refractivity contribution in [2.45, 2.75) is 51.1 Å². The maximum absolute atomic E-state index is 5.93. The molecular formula is C16H21N3O2. The second kappa shape index (κ2) is 4.98. The predicted molar refractivity (Wildman–Crippen MR) is 76.7 cm³/mol. The van der Waals surface area contributed by atoms with Gasteiger partial charge in [-0.1, -0.05) is 12.1 Å². The van der Waals surface area contributed by atoms with Crippen molar-refractivity contribution >= 4 is 0 Å². The Bertz CT molecular complexity index is 629. The molecule has 0 amide bonds. The van der Waals surface area contributed by atoms with Crippen LogP contribution in [-0.4, -0.2) is 22.1 Å². The Balaban J connectivity index is 1.34. The van der Waals surface area contributed by atoms with Gasteiger partial charge in [0.2, 0.25) is 5.89 Å². The average molecular weight is 287 g/mol. The molecule has 2 aliphatic carbocycles. The van der Waals surface area contributed by atoms with Gasteiger partial charge in [-0.15, -0.1) is 0 Å². The van der Waals surface area contributed by atoms with E-state index >= 15 is 0 Å². The molecule has 2 atom stereocenters. The summed E-state index contributed by atoms with van der Waals surface area (Å²) in [6.45, 7) is 3.73. The lowest BCUT2D eigenvalue weighted by Crippen LogP contribution is -2.17. The van der Waals surface area contributed by atoms with Gasteiger partial charge < -0.3 is 8.94 Å². The largest absolute Gasteiger partial charge is 0.464 e. The van der Waals surface area contributed by atoms with Crippen LogP contribution in [-0.2, 0) is 13.1 Å². The van der Waals surface area contributed by atoms with E-state index in [9.17, 15) is 0 Å². The zero-order valence-electron chi connectivity index (χ0n) is 12.6. The van der Waals surface area contributed by atoms with Crippen LogP contribution in [0, 0.1) is 5.92 Å². The Morgan fingerprint density at radius 2 is 2.10 bits per heavy atom. The van der Waals surface area contributed by atoms with Crippen LogP contribution in [0.4, 0.5) is 0 Å². The Labute approximate surface area is 124 Å². The highest BCUT2D eigenvalue weighted by Crippen LogP contribution is 2.47. The van der Waals surface area contributed by atoms with E-state index in [1.807, 2.05) is 0 Å². The normalized spacial score (nSPS) is 24.7. The molecule has 2 aromatic rings. The van der Waals surface area contributed by atoms with E-state index in [0.717, 1.165) is 35.7 Å². The van der Waals surface area contributed by atoms with Gasteiger partial charge >= 0.3 is 0 Å². The van der Waals surface area contributed by atoms with Gasteiger partial charge in [0.25, 0.3) is 0 Å². The van der Waals surface area contributed by atoms with Crippen molar-refractivity contribution < 1.29 is 8.94 Å². The molecule has 112 valence electrons. The molecule has 2 fully saturated rings. The lowest BCUT2D eigenvalue weighted by molar-refractivity contribution is 0.271. The summed E-state index contributed by atoms with van der Waals surface area (Å²) in [7, 11) is 2.05. The van der Waals surface area contributed by atoms with Crippen LogP contribution in [0.1, 0.15) is 61.3 Å². The van der Waals surface area contributed by atoms with Crippen LogP contribution >= 0.6 is 0 Å². The molecule has 0 aromatic carbocycles. The van der Waals surface area contributed by atoms with Gasteiger partial charge in [0.15, 0.2) is 5.82 Å². The third-order valence-electron chi connectivity index (χ3n) is 4.40. The second-order valence-electron chi connectivity index (χ2n) is 6.62. The molecule has 5 heteroatoms. The van der Waals surface area contributed by atoms with E-state index in [2.05, 4.69) is 41.1 Å². The maximum atomic E-state index is 5.93. The fourth-order valence-corrected chi connectivity index (χ4v) is 2.79. The molecule has 0 saturated heterocycles. The van der Waals surface area contributed by atoms with Gasteiger partial charge in [0, 0.05) is 11.8 Å². The van der Waals surface area contributed by atoms with E-state index in [1.54, 1.807) is 0 Å². The molecule has 2 aromatic heterocycles. The van der Waals surface area contributed by atoms with Gasteiger partial charge in [-0.25, -0.2) is 0 Å². The average Bonchev–Trinajstić information content (AvgIpc) is 3.33. The lowest BCUT2D eigenvalue weighted by atomic mass is 10.3. The molecule has 21 heavy (non-hydrogen) atoms. The standard InChI is InChI=1S/C16H21N3O2/c1-10-7-13(10)14-6-5-12(20-14)8-19(2)9-15-17-16(21-18-15)11-3-4-11/h5-6,10-11,13H,3-4,7-9H2,1-2H3/t10-,13-/m1/s1. The van der Waals surface area contributed by atoms with Crippen LogP contribution in [0.25, 0.3) is 0 Å². The lowest BCUT2D eigenvalue weighted by Gasteiger charge is -2.12. The number of furan rings is 1. The summed E-state index contributed by atoms with van der Waals surface area (Å²) in [5.74, 6) is 5.66. The van der Waals surface area contributed by atoms with Crippen molar-refractivity contribution in [2.75, 3.05) is 7.05 Å². The van der Waals surface area contributed by atoms with E-state index in [4.69, 9.17) is 8.94 Å². The fraction of sp³-hybridized carbons (Fsp3) is 0.625. The second-order valence-corrected chi connectivity index (χ2v) is 6.62. The topological polar surface area (TPSA) is 55.3 Å². The van der Waals surface area contributed by atoms with Crippen LogP contribution in [0.15, 0.2) is 21.1 Å². The summed E-state index contributed by atoms with van der Waals surface area (Å²) in [6.07, 6.45) is 3.63. The van der Waals surface area contributed by atoms with Crippen molar-refractivity contribution in [3.05, 3.63) is 35.4 Å². The minimum absolute atomic E-state index is 0.518. The van der Waals surface area contributed by atoms with Crippen LogP contribution in [0.2, 0.25) is 0 Å². The van der Waals surface area contributed by atoms with E-state index in [-0.39, 0.29) is 0 Å². The first kappa shape index (κ1) is 13.1. The number of nitrogens with zero attached hydrogens (tertiary/aromatic N) is 3. The van der Waals surface area contributed by atoms with E-state index in [1.165, 1.54) is 19.3 Å². The first-order valence-corrected chi connectivity index (χ1v) is 7.78. The van der Waals surface area contributed by atoms with Crippen LogP contribution in [0.5, 0.6) is 0 Å². The Hall–Kier alpha value is -1.62. The molecule has 2 heterocycles. The van der Waals surface area contributed by atoms with Crippen molar-refractivity contribution in [3.63, 3.8) is 0 Å². The minimum Gasteiger partial charge on any atom is -0.464 e. The fourth-order valence-electron chi connectivity index (χ4n) is 2.79. The predicted octanol–water partition coefficient (Wildman–Crippen LogP) is 3.30. The van der Waals surface area contributed by atoms with Crippen molar-refractivity contribution in [1.82, 2.24) is 15.0 Å². The van der Waals surface area contributed by atoms with Crippen molar-refractivity contribution in [1.29, 1.82) is 0 Å². The van der Waals surface area contributed by atoms with Crippen molar-refractivity contribution in [2.24, 2.45) is 5.92 Å². The molecule has 5 nitrogen and oxygen atoms in total. The third-order valence-corrected chi connectivity index (χ3v) is 4.40. The molecule has 0 spiro atoms.